The Hall–Kier alpha value is -1.08. The van der Waals surface area contributed by atoms with Crippen LogP contribution in [0.5, 0.6) is 0 Å². The number of allylic oxidation sites excluding steroid dienone is 1. The molecule has 1 heterocycles. The fraction of sp³-hybridized carbons (Fsp3) is 0.619. The van der Waals surface area contributed by atoms with Gasteiger partial charge >= 0.3 is 0 Å². The Bertz CT molecular complexity index is 507. The van der Waals surface area contributed by atoms with Gasteiger partial charge < -0.3 is 0 Å². The van der Waals surface area contributed by atoms with Crippen molar-refractivity contribution in [3.63, 3.8) is 0 Å². The number of unbranched alkanes of at least 4 members (excludes halogenated alkanes) is 1. The molecule has 122 valence electrons. The van der Waals surface area contributed by atoms with Gasteiger partial charge in [0.2, 0.25) is 0 Å². The van der Waals surface area contributed by atoms with Crippen molar-refractivity contribution in [2.24, 2.45) is 0 Å². The molecular formula is C21H33N. The van der Waals surface area contributed by atoms with Gasteiger partial charge in [-0.15, -0.1) is 0 Å². The van der Waals surface area contributed by atoms with Gasteiger partial charge in [0.1, 0.15) is 0 Å². The second-order valence-electron chi connectivity index (χ2n) is 7.04. The fourth-order valence-electron chi connectivity index (χ4n) is 3.85. The molecule has 0 spiro atoms. The predicted molar refractivity (Wildman–Crippen MR) is 97.4 cm³/mol. The molecular weight excluding hydrogens is 266 g/mol. The number of hydrogen-bond donors (Lipinski definition) is 0. The van der Waals surface area contributed by atoms with Crippen LogP contribution in [-0.4, -0.2) is 23.5 Å². The normalized spacial score (nSPS) is 23.1. The van der Waals surface area contributed by atoms with Gasteiger partial charge in [-0.3, -0.25) is 4.90 Å². The average molecular weight is 300 g/mol. The highest BCUT2D eigenvalue weighted by Crippen LogP contribution is 2.41. The van der Waals surface area contributed by atoms with Crippen LogP contribution in [0.3, 0.4) is 0 Å². The molecule has 1 fully saturated rings. The van der Waals surface area contributed by atoms with Crippen LogP contribution in [0.15, 0.2) is 35.4 Å². The van der Waals surface area contributed by atoms with E-state index in [1.807, 2.05) is 0 Å². The zero-order valence-electron chi connectivity index (χ0n) is 15.2. The zero-order chi connectivity index (χ0) is 16.2. The number of nitrogens with zero attached hydrogens (tertiary/aromatic N) is 1. The first-order chi connectivity index (χ1) is 10.5. The maximum atomic E-state index is 2.73. The van der Waals surface area contributed by atoms with Gasteiger partial charge in [0.05, 0.1) is 0 Å². The summed E-state index contributed by atoms with van der Waals surface area (Å²) in [6.07, 6.45) is 6.29. The van der Waals surface area contributed by atoms with Gasteiger partial charge in [-0.2, -0.15) is 0 Å². The van der Waals surface area contributed by atoms with Crippen LogP contribution < -0.4 is 0 Å². The SMILES string of the molecule is CCCCN1CCC1(CC)/C(C)=C(\C)Cc1ccc(C)cc1. The van der Waals surface area contributed by atoms with Crippen LogP contribution in [0, 0.1) is 6.92 Å². The van der Waals surface area contributed by atoms with Crippen molar-refractivity contribution in [2.45, 2.75) is 72.3 Å². The van der Waals surface area contributed by atoms with Crippen LogP contribution in [0.25, 0.3) is 0 Å². The number of benzene rings is 1. The lowest BCUT2D eigenvalue weighted by molar-refractivity contribution is 0.0105. The van der Waals surface area contributed by atoms with Crippen molar-refractivity contribution in [2.75, 3.05) is 13.1 Å². The Morgan fingerprint density at radius 1 is 1.14 bits per heavy atom. The first-order valence-corrected chi connectivity index (χ1v) is 9.01. The largest absolute Gasteiger partial charge is 0.294 e. The Kier molecular flexibility index (Phi) is 5.86. The summed E-state index contributed by atoms with van der Waals surface area (Å²) >= 11 is 0. The molecule has 0 aliphatic carbocycles. The van der Waals surface area contributed by atoms with Crippen LogP contribution in [0.2, 0.25) is 0 Å². The lowest BCUT2D eigenvalue weighted by Gasteiger charge is -2.54. The van der Waals surface area contributed by atoms with E-state index >= 15 is 0 Å². The lowest BCUT2D eigenvalue weighted by atomic mass is 9.74. The van der Waals surface area contributed by atoms with E-state index in [1.54, 1.807) is 11.1 Å². The molecule has 0 radical (unpaired) electrons. The van der Waals surface area contributed by atoms with E-state index in [-0.39, 0.29) is 0 Å². The molecule has 0 saturated carbocycles. The zero-order valence-corrected chi connectivity index (χ0v) is 15.2. The third kappa shape index (κ3) is 3.46. The van der Waals surface area contributed by atoms with Crippen LogP contribution in [0.1, 0.15) is 64.5 Å². The highest BCUT2D eigenvalue weighted by atomic mass is 15.3. The Morgan fingerprint density at radius 2 is 1.82 bits per heavy atom. The molecule has 0 bridgehead atoms. The summed E-state index contributed by atoms with van der Waals surface area (Å²) in [4.78, 5) is 2.73. The van der Waals surface area contributed by atoms with Crippen LogP contribution >= 0.6 is 0 Å². The molecule has 1 heteroatoms. The molecule has 0 aromatic heterocycles. The summed E-state index contributed by atoms with van der Waals surface area (Å²) < 4.78 is 0. The highest BCUT2D eigenvalue weighted by Gasteiger charge is 2.44. The standard InChI is InChI=1S/C21H33N/c1-6-8-14-22-15-13-21(22,7-2)19(5)18(4)16-20-11-9-17(3)10-12-20/h9-12H,6-8,13-16H2,1-5H3/b19-18+. The first kappa shape index (κ1) is 17.3. The van der Waals surface area contributed by atoms with E-state index in [2.05, 4.69) is 63.8 Å². The van der Waals surface area contributed by atoms with Gasteiger partial charge in [-0.1, -0.05) is 61.2 Å². The summed E-state index contributed by atoms with van der Waals surface area (Å²) in [5.41, 5.74) is 6.32. The van der Waals surface area contributed by atoms with Crippen molar-refractivity contribution >= 4 is 0 Å². The molecule has 1 aromatic carbocycles. The van der Waals surface area contributed by atoms with E-state index in [0.29, 0.717) is 5.54 Å². The van der Waals surface area contributed by atoms with Crippen molar-refractivity contribution in [1.82, 2.24) is 4.90 Å². The second-order valence-corrected chi connectivity index (χ2v) is 7.04. The van der Waals surface area contributed by atoms with Gasteiger partial charge in [0.15, 0.2) is 0 Å². The molecule has 2 rings (SSSR count). The molecule has 22 heavy (non-hydrogen) atoms. The van der Waals surface area contributed by atoms with Crippen molar-refractivity contribution in [1.29, 1.82) is 0 Å². The fourth-order valence-corrected chi connectivity index (χ4v) is 3.85. The third-order valence-electron chi connectivity index (χ3n) is 5.70. The van der Waals surface area contributed by atoms with E-state index in [4.69, 9.17) is 0 Å². The lowest BCUT2D eigenvalue weighted by Crippen LogP contribution is -2.60. The summed E-state index contributed by atoms with van der Waals surface area (Å²) in [6, 6.07) is 9.01. The molecule has 1 aromatic rings. The molecule has 1 aliphatic rings. The molecule has 1 atom stereocenters. The van der Waals surface area contributed by atoms with Crippen molar-refractivity contribution in [3.05, 3.63) is 46.5 Å². The molecule has 1 saturated heterocycles. The van der Waals surface area contributed by atoms with E-state index < -0.39 is 0 Å². The minimum absolute atomic E-state index is 0.351. The van der Waals surface area contributed by atoms with Gasteiger partial charge in [-0.25, -0.2) is 0 Å². The van der Waals surface area contributed by atoms with Gasteiger partial charge in [0, 0.05) is 12.1 Å². The van der Waals surface area contributed by atoms with Gasteiger partial charge in [0.25, 0.3) is 0 Å². The van der Waals surface area contributed by atoms with E-state index in [1.165, 1.54) is 49.9 Å². The predicted octanol–water partition coefficient (Wildman–Crippen LogP) is 5.53. The topological polar surface area (TPSA) is 3.24 Å². The van der Waals surface area contributed by atoms with Crippen molar-refractivity contribution in [3.8, 4) is 0 Å². The average Bonchev–Trinajstić information content (AvgIpc) is 2.50. The maximum absolute atomic E-state index is 2.73. The molecule has 1 unspecified atom stereocenters. The minimum atomic E-state index is 0.351. The molecule has 1 nitrogen and oxygen atoms in total. The quantitative estimate of drug-likeness (QED) is 0.598. The Balaban J connectivity index is 2.15. The summed E-state index contributed by atoms with van der Waals surface area (Å²) in [7, 11) is 0. The van der Waals surface area contributed by atoms with Gasteiger partial charge in [-0.05, 0) is 58.6 Å². The van der Waals surface area contributed by atoms with Crippen molar-refractivity contribution < 1.29 is 0 Å². The summed E-state index contributed by atoms with van der Waals surface area (Å²) in [5, 5.41) is 0. The monoisotopic (exact) mass is 299 g/mol. The number of likely N-dealkylation sites (tertiary alicyclic amines) is 1. The van der Waals surface area contributed by atoms with E-state index in [0.717, 1.165) is 6.42 Å². The first-order valence-electron chi connectivity index (χ1n) is 9.01. The minimum Gasteiger partial charge on any atom is -0.294 e. The van der Waals surface area contributed by atoms with E-state index in [9.17, 15) is 0 Å². The van der Waals surface area contributed by atoms with Crippen LogP contribution in [-0.2, 0) is 6.42 Å². The van der Waals surface area contributed by atoms with Crippen LogP contribution in [0.4, 0.5) is 0 Å². The summed E-state index contributed by atoms with van der Waals surface area (Å²) in [6.45, 7) is 14.1. The maximum Gasteiger partial charge on any atom is 0.0430 e. The second kappa shape index (κ2) is 7.46. The number of hydrogen-bond acceptors (Lipinski definition) is 1. The highest BCUT2D eigenvalue weighted by molar-refractivity contribution is 5.32. The Labute approximate surface area is 137 Å². The molecule has 0 N–H and O–H groups in total. The number of aryl methyl sites for hydroxylation is 1. The summed E-state index contributed by atoms with van der Waals surface area (Å²) in [5.74, 6) is 0. The Morgan fingerprint density at radius 3 is 2.32 bits per heavy atom. The number of rotatable bonds is 7. The third-order valence-corrected chi connectivity index (χ3v) is 5.70. The smallest absolute Gasteiger partial charge is 0.0430 e. The molecule has 1 aliphatic heterocycles. The molecule has 0 amide bonds.